The molecule has 0 bridgehead atoms. The van der Waals surface area contributed by atoms with Gasteiger partial charge in [-0.05, 0) is 120 Å². The first-order valence-electron chi connectivity index (χ1n) is 17.3. The molecular formula is C37H46ClN5O4S. The van der Waals surface area contributed by atoms with Crippen LogP contribution >= 0.6 is 11.6 Å². The Morgan fingerprint density at radius 1 is 1.00 bits per heavy atom. The van der Waals surface area contributed by atoms with Crippen LogP contribution in [0.25, 0.3) is 5.57 Å². The van der Waals surface area contributed by atoms with Crippen LogP contribution in [0.2, 0.25) is 5.02 Å². The van der Waals surface area contributed by atoms with Crippen molar-refractivity contribution in [1.82, 2.24) is 14.9 Å². The first-order chi connectivity index (χ1) is 23.0. The van der Waals surface area contributed by atoms with Crippen LogP contribution in [0.4, 0.5) is 23.1 Å². The van der Waals surface area contributed by atoms with Gasteiger partial charge in [0.2, 0.25) is 5.95 Å². The molecule has 0 spiro atoms. The van der Waals surface area contributed by atoms with Gasteiger partial charge in [-0.2, -0.15) is 4.98 Å². The summed E-state index contributed by atoms with van der Waals surface area (Å²) in [6.07, 6.45) is 10.3. The third-order valence-electron chi connectivity index (χ3n) is 9.93. The number of nitrogens with zero attached hydrogens (tertiary/aromatic N) is 3. The molecule has 1 aromatic heterocycles. The van der Waals surface area contributed by atoms with Crippen LogP contribution in [-0.4, -0.2) is 66.0 Å². The lowest BCUT2D eigenvalue weighted by Crippen LogP contribution is -2.59. The highest BCUT2D eigenvalue weighted by Crippen LogP contribution is 2.50. The number of halogens is 1. The molecule has 3 aromatic rings. The van der Waals surface area contributed by atoms with Gasteiger partial charge >= 0.3 is 0 Å². The highest BCUT2D eigenvalue weighted by atomic mass is 35.5. The molecule has 2 aliphatic carbocycles. The van der Waals surface area contributed by atoms with E-state index in [0.717, 1.165) is 48.5 Å². The minimum absolute atomic E-state index is 0.0447. The van der Waals surface area contributed by atoms with Crippen molar-refractivity contribution in [1.29, 1.82) is 0 Å². The van der Waals surface area contributed by atoms with E-state index in [9.17, 15) is 8.42 Å². The second kappa shape index (κ2) is 13.3. The van der Waals surface area contributed by atoms with Crippen LogP contribution < -0.4 is 15.4 Å². The number of anilines is 4. The molecule has 11 heteroatoms. The Morgan fingerprint density at radius 3 is 2.38 bits per heavy atom. The fourth-order valence-corrected chi connectivity index (χ4v) is 8.39. The fraction of sp³-hybridized carbons (Fsp3) is 0.514. The molecule has 256 valence electrons. The monoisotopic (exact) mass is 691 g/mol. The summed E-state index contributed by atoms with van der Waals surface area (Å²) in [4.78, 5) is 12.1. The standard InChI is InChI=1S/C37H46ClN5O4S/c1-21(2)47-34-17-28(26-15-32(24-10-11-24)43(27-19-46-20-27)33(16-26)25-12-13-25)23(5)14-31(34)41-37-39-18-29(38)36(42-37)40-30-8-6-7-9-35(30)48(44,45)22(3)4/h6-9,14-15,17-18,21-22,24-25,27,32-33H,10-13,16,19-20H2,1-5H3,(H2,39,40,41,42)/t32-,33-/m0/s1. The molecule has 3 fully saturated rings. The number of benzene rings is 2. The van der Waals surface area contributed by atoms with Gasteiger partial charge in [-0.25, -0.2) is 13.4 Å². The highest BCUT2D eigenvalue weighted by Gasteiger charge is 2.49. The molecule has 48 heavy (non-hydrogen) atoms. The van der Waals surface area contributed by atoms with Gasteiger partial charge in [0.25, 0.3) is 0 Å². The van der Waals surface area contributed by atoms with Crippen LogP contribution in [0.5, 0.6) is 5.75 Å². The van der Waals surface area contributed by atoms with Gasteiger partial charge in [-0.3, -0.25) is 4.90 Å². The molecule has 1 saturated heterocycles. The number of rotatable bonds is 12. The van der Waals surface area contributed by atoms with Crippen molar-refractivity contribution in [3.05, 3.63) is 64.8 Å². The number of aromatic nitrogens is 2. The molecule has 0 amide bonds. The Kier molecular flexibility index (Phi) is 9.21. The van der Waals surface area contributed by atoms with Crippen molar-refractivity contribution in [2.24, 2.45) is 11.8 Å². The molecule has 7 rings (SSSR count). The summed E-state index contributed by atoms with van der Waals surface area (Å²) in [6, 6.07) is 12.6. The minimum atomic E-state index is -3.54. The molecule has 0 radical (unpaired) electrons. The summed E-state index contributed by atoms with van der Waals surface area (Å²) in [6.45, 7) is 11.2. The topological polar surface area (TPSA) is 106 Å². The molecule has 2 atom stereocenters. The Morgan fingerprint density at radius 2 is 1.73 bits per heavy atom. The Hall–Kier alpha value is -3.18. The van der Waals surface area contributed by atoms with E-state index in [1.807, 2.05) is 13.8 Å². The lowest BCUT2D eigenvalue weighted by atomic mass is 9.84. The smallest absolute Gasteiger partial charge is 0.229 e. The quantitative estimate of drug-likeness (QED) is 0.196. The molecular weight excluding hydrogens is 646 g/mol. The maximum absolute atomic E-state index is 13.1. The predicted octanol–water partition coefficient (Wildman–Crippen LogP) is 7.94. The SMILES string of the molecule is Cc1cc(Nc2ncc(Cl)c(Nc3ccccc3S(=O)(=O)C(C)C)n2)c(OC(C)C)cc1C1=C[C@@H](C2CC2)N(C2COC2)[C@H](C2CC2)C1. The molecule has 2 saturated carbocycles. The number of para-hydroxylation sites is 1. The summed E-state index contributed by atoms with van der Waals surface area (Å²) in [5, 5.41) is 6.20. The molecule has 2 aromatic carbocycles. The van der Waals surface area contributed by atoms with E-state index in [4.69, 9.17) is 21.1 Å². The molecule has 4 aliphatic rings. The van der Waals surface area contributed by atoms with Crippen molar-refractivity contribution < 1.29 is 17.9 Å². The van der Waals surface area contributed by atoms with Crippen LogP contribution in [0.1, 0.15) is 70.9 Å². The molecule has 2 N–H and O–H groups in total. The van der Waals surface area contributed by atoms with Gasteiger partial charge in [-0.1, -0.05) is 29.8 Å². The lowest BCUT2D eigenvalue weighted by Gasteiger charge is -2.49. The second-order valence-electron chi connectivity index (χ2n) is 14.3. The minimum Gasteiger partial charge on any atom is -0.489 e. The maximum atomic E-state index is 13.1. The highest BCUT2D eigenvalue weighted by molar-refractivity contribution is 7.92. The number of hydrogen-bond acceptors (Lipinski definition) is 9. The van der Waals surface area contributed by atoms with E-state index in [1.54, 1.807) is 38.1 Å². The average molecular weight is 692 g/mol. The third kappa shape index (κ3) is 6.82. The van der Waals surface area contributed by atoms with Gasteiger partial charge in [0, 0.05) is 12.1 Å². The number of nitrogens with one attached hydrogen (secondary N) is 2. The zero-order chi connectivity index (χ0) is 33.7. The van der Waals surface area contributed by atoms with E-state index in [1.165, 1.54) is 43.0 Å². The molecule has 9 nitrogen and oxygen atoms in total. The second-order valence-corrected chi connectivity index (χ2v) is 17.2. The predicted molar refractivity (Wildman–Crippen MR) is 191 cm³/mol. The zero-order valence-corrected chi connectivity index (χ0v) is 29.9. The Labute approximate surface area is 289 Å². The first kappa shape index (κ1) is 33.3. The summed E-state index contributed by atoms with van der Waals surface area (Å²) in [5.74, 6) is 2.84. The number of hydrogen-bond donors (Lipinski definition) is 2. The largest absolute Gasteiger partial charge is 0.489 e. The van der Waals surface area contributed by atoms with Crippen molar-refractivity contribution in [3.8, 4) is 5.75 Å². The number of aryl methyl sites for hydroxylation is 1. The van der Waals surface area contributed by atoms with E-state index in [-0.39, 0.29) is 16.0 Å². The first-order valence-corrected chi connectivity index (χ1v) is 19.2. The molecule has 2 aliphatic heterocycles. The fourth-order valence-electron chi connectivity index (χ4n) is 7.05. The number of ether oxygens (including phenoxy) is 2. The van der Waals surface area contributed by atoms with Gasteiger partial charge < -0.3 is 20.1 Å². The molecule has 3 heterocycles. The maximum Gasteiger partial charge on any atom is 0.229 e. The van der Waals surface area contributed by atoms with Gasteiger partial charge in [-0.15, -0.1) is 0 Å². The van der Waals surface area contributed by atoms with Crippen LogP contribution in [0, 0.1) is 18.8 Å². The van der Waals surface area contributed by atoms with Gasteiger partial charge in [0.05, 0.1) is 53.1 Å². The normalized spacial score (nSPS) is 22.0. The summed E-state index contributed by atoms with van der Waals surface area (Å²) in [5.41, 5.74) is 4.97. The van der Waals surface area contributed by atoms with E-state index >= 15 is 0 Å². The van der Waals surface area contributed by atoms with E-state index < -0.39 is 15.1 Å². The summed E-state index contributed by atoms with van der Waals surface area (Å²) >= 11 is 6.52. The van der Waals surface area contributed by atoms with Crippen LogP contribution in [0.15, 0.2) is 53.6 Å². The molecule has 0 unspecified atom stereocenters. The summed E-state index contributed by atoms with van der Waals surface area (Å²) in [7, 11) is -3.54. The van der Waals surface area contributed by atoms with Gasteiger partial charge in [0.1, 0.15) is 10.8 Å². The van der Waals surface area contributed by atoms with Gasteiger partial charge in [0.15, 0.2) is 15.7 Å². The van der Waals surface area contributed by atoms with E-state index in [0.29, 0.717) is 35.6 Å². The third-order valence-corrected chi connectivity index (χ3v) is 12.4. The number of sulfone groups is 1. The van der Waals surface area contributed by atoms with Crippen molar-refractivity contribution >= 4 is 50.2 Å². The zero-order valence-electron chi connectivity index (χ0n) is 28.4. The van der Waals surface area contributed by atoms with Crippen LogP contribution in [0.3, 0.4) is 0 Å². The average Bonchev–Trinajstić information content (AvgIpc) is 3.94. The Bertz CT molecular complexity index is 1820. The Balaban J connectivity index is 1.20. The van der Waals surface area contributed by atoms with Crippen molar-refractivity contribution in [2.45, 2.75) is 101 Å². The van der Waals surface area contributed by atoms with E-state index in [2.05, 4.69) is 50.6 Å². The van der Waals surface area contributed by atoms with Crippen LogP contribution in [-0.2, 0) is 14.6 Å². The van der Waals surface area contributed by atoms with Crippen molar-refractivity contribution in [2.75, 3.05) is 23.8 Å². The summed E-state index contributed by atoms with van der Waals surface area (Å²) < 4.78 is 38.2. The van der Waals surface area contributed by atoms with Crippen molar-refractivity contribution in [3.63, 3.8) is 0 Å². The lowest BCUT2D eigenvalue weighted by molar-refractivity contribution is -0.0963.